The van der Waals surface area contributed by atoms with Crippen LogP contribution in [0.3, 0.4) is 0 Å². The molecular weight excluding hydrogens is 328 g/mol. The highest BCUT2D eigenvalue weighted by Crippen LogP contribution is 2.53. The molecule has 2 heterocycles. The van der Waals surface area contributed by atoms with Crippen LogP contribution in [0.4, 0.5) is 5.69 Å². The van der Waals surface area contributed by atoms with Crippen LogP contribution in [0, 0.1) is 23.7 Å². The topological polar surface area (TPSA) is 57.7 Å². The largest absolute Gasteiger partial charge is 0.339 e. The SMILES string of the molecule is O=C(c1ccc(N2C(=O)[C@@H]3[C@@H](C2=O)[C@H]2C=C[C@@H]3C2)cc1)N1CCCCC1. The first-order valence-electron chi connectivity index (χ1n) is 9.60. The summed E-state index contributed by atoms with van der Waals surface area (Å²) in [5.41, 5.74) is 1.21. The van der Waals surface area contributed by atoms with Crippen LogP contribution in [-0.2, 0) is 9.59 Å². The molecule has 5 heteroatoms. The quantitative estimate of drug-likeness (QED) is 0.609. The lowest BCUT2D eigenvalue weighted by Crippen LogP contribution is -2.35. The van der Waals surface area contributed by atoms with E-state index in [9.17, 15) is 14.4 Å². The summed E-state index contributed by atoms with van der Waals surface area (Å²) in [4.78, 5) is 41.5. The third-order valence-corrected chi connectivity index (χ3v) is 6.49. The number of imide groups is 1. The summed E-state index contributed by atoms with van der Waals surface area (Å²) in [7, 11) is 0. The predicted octanol–water partition coefficient (Wildman–Crippen LogP) is 2.62. The van der Waals surface area contributed by atoms with Gasteiger partial charge in [0.25, 0.3) is 5.91 Å². The highest BCUT2D eigenvalue weighted by Gasteiger charge is 2.59. The molecule has 26 heavy (non-hydrogen) atoms. The number of piperidine rings is 1. The average molecular weight is 350 g/mol. The van der Waals surface area contributed by atoms with Crippen LogP contribution in [0.15, 0.2) is 36.4 Å². The monoisotopic (exact) mass is 350 g/mol. The van der Waals surface area contributed by atoms with Crippen LogP contribution >= 0.6 is 0 Å². The standard InChI is InChI=1S/C21H22N2O3/c24-19(22-10-2-1-3-11-22)13-6-8-16(9-7-13)23-20(25)17-14-4-5-15(12-14)18(17)21(23)26/h4-9,14-15,17-18H,1-3,10-12H2/t14-,15+,17-,18-/m0/s1. The smallest absolute Gasteiger partial charge is 0.253 e. The lowest BCUT2D eigenvalue weighted by molar-refractivity contribution is -0.123. The van der Waals surface area contributed by atoms with Gasteiger partial charge < -0.3 is 4.90 Å². The third-order valence-electron chi connectivity index (χ3n) is 6.49. The molecule has 0 aromatic heterocycles. The normalized spacial score (nSPS) is 32.5. The van der Waals surface area contributed by atoms with E-state index >= 15 is 0 Å². The maximum atomic E-state index is 12.8. The van der Waals surface area contributed by atoms with E-state index in [-0.39, 0.29) is 41.4 Å². The van der Waals surface area contributed by atoms with Crippen LogP contribution in [0.1, 0.15) is 36.0 Å². The van der Waals surface area contributed by atoms with E-state index in [0.717, 1.165) is 32.4 Å². The number of carbonyl (C=O) groups is 3. The van der Waals surface area contributed by atoms with Gasteiger partial charge in [-0.3, -0.25) is 19.3 Å². The zero-order valence-corrected chi connectivity index (χ0v) is 14.6. The third kappa shape index (κ3) is 2.19. The number of fused-ring (bicyclic) bond motifs is 5. The summed E-state index contributed by atoms with van der Waals surface area (Å²) in [6.45, 7) is 1.62. The summed E-state index contributed by atoms with van der Waals surface area (Å²) in [6, 6.07) is 6.97. The number of likely N-dealkylation sites (tertiary alicyclic amines) is 1. The zero-order chi connectivity index (χ0) is 17.8. The molecule has 5 nitrogen and oxygen atoms in total. The van der Waals surface area contributed by atoms with Crippen LogP contribution < -0.4 is 4.90 Å². The first kappa shape index (κ1) is 15.8. The number of nitrogens with zero attached hydrogens (tertiary/aromatic N) is 2. The fraction of sp³-hybridized carbons (Fsp3) is 0.476. The molecular formula is C21H22N2O3. The number of hydrogen-bond donors (Lipinski definition) is 0. The van der Waals surface area contributed by atoms with E-state index in [1.54, 1.807) is 24.3 Å². The van der Waals surface area contributed by atoms with Gasteiger partial charge in [0.05, 0.1) is 17.5 Å². The number of anilines is 1. The van der Waals surface area contributed by atoms with Gasteiger partial charge in [-0.15, -0.1) is 0 Å². The van der Waals surface area contributed by atoms with Gasteiger partial charge in [-0.2, -0.15) is 0 Å². The van der Waals surface area contributed by atoms with Gasteiger partial charge in [-0.25, -0.2) is 0 Å². The second kappa shape index (κ2) is 5.79. The zero-order valence-electron chi connectivity index (χ0n) is 14.6. The number of benzene rings is 1. The molecule has 1 aromatic carbocycles. The van der Waals surface area contributed by atoms with E-state index in [1.165, 1.54) is 11.3 Å². The van der Waals surface area contributed by atoms with Crippen molar-refractivity contribution in [3.8, 4) is 0 Å². The first-order valence-corrected chi connectivity index (χ1v) is 9.60. The summed E-state index contributed by atoms with van der Waals surface area (Å²) >= 11 is 0. The Labute approximate surface area is 152 Å². The first-order chi connectivity index (χ1) is 12.6. The van der Waals surface area contributed by atoms with Crippen LogP contribution in [-0.4, -0.2) is 35.7 Å². The minimum atomic E-state index is -0.188. The Morgan fingerprint density at radius 1 is 0.846 bits per heavy atom. The van der Waals surface area contributed by atoms with Crippen molar-refractivity contribution in [2.24, 2.45) is 23.7 Å². The number of allylic oxidation sites excluding steroid dienone is 2. The van der Waals surface area contributed by atoms with Crippen LogP contribution in [0.2, 0.25) is 0 Å². The van der Waals surface area contributed by atoms with Crippen molar-refractivity contribution in [3.63, 3.8) is 0 Å². The highest BCUT2D eigenvalue weighted by molar-refractivity contribution is 6.22. The minimum Gasteiger partial charge on any atom is -0.339 e. The molecule has 2 aliphatic carbocycles. The Bertz CT molecular complexity index is 777. The molecule has 1 aromatic rings. The van der Waals surface area contributed by atoms with Gasteiger partial charge in [0.15, 0.2) is 0 Å². The highest BCUT2D eigenvalue weighted by atomic mass is 16.2. The van der Waals surface area contributed by atoms with Crippen LogP contribution in [0.25, 0.3) is 0 Å². The van der Waals surface area contributed by atoms with Crippen LogP contribution in [0.5, 0.6) is 0 Å². The van der Waals surface area contributed by atoms with E-state index in [1.807, 2.05) is 4.90 Å². The summed E-state index contributed by atoms with van der Waals surface area (Å²) in [6.07, 6.45) is 8.42. The molecule has 2 saturated heterocycles. The Morgan fingerprint density at radius 3 is 2.00 bits per heavy atom. The van der Waals surface area contributed by atoms with E-state index in [2.05, 4.69) is 12.2 Å². The molecule has 0 spiro atoms. The van der Waals surface area contributed by atoms with Gasteiger partial charge in [-0.05, 0) is 61.8 Å². The Kier molecular flexibility index (Phi) is 3.52. The molecule has 1 saturated carbocycles. The summed E-state index contributed by atoms with van der Waals surface area (Å²) in [5.74, 6) is -0.0644. The molecule has 0 radical (unpaired) electrons. The van der Waals surface area contributed by atoms with Crippen molar-refractivity contribution in [3.05, 3.63) is 42.0 Å². The van der Waals surface area contributed by atoms with E-state index < -0.39 is 0 Å². The molecule has 2 aliphatic heterocycles. The van der Waals surface area contributed by atoms with Gasteiger partial charge >= 0.3 is 0 Å². The van der Waals surface area contributed by atoms with Gasteiger partial charge in [0, 0.05) is 18.7 Å². The fourth-order valence-corrected chi connectivity index (χ4v) is 5.19. The van der Waals surface area contributed by atoms with Crippen molar-refractivity contribution in [2.75, 3.05) is 18.0 Å². The molecule has 5 rings (SSSR count). The molecule has 4 atom stereocenters. The van der Waals surface area contributed by atoms with Crippen molar-refractivity contribution in [2.45, 2.75) is 25.7 Å². The summed E-state index contributed by atoms with van der Waals surface area (Å²) in [5, 5.41) is 0. The van der Waals surface area contributed by atoms with E-state index in [0.29, 0.717) is 11.3 Å². The second-order valence-corrected chi connectivity index (χ2v) is 7.91. The van der Waals surface area contributed by atoms with Crippen molar-refractivity contribution in [1.82, 2.24) is 4.90 Å². The van der Waals surface area contributed by atoms with Gasteiger partial charge in [0.1, 0.15) is 0 Å². The lowest BCUT2D eigenvalue weighted by Gasteiger charge is -2.27. The lowest BCUT2D eigenvalue weighted by atomic mass is 9.85. The Balaban J connectivity index is 1.37. The van der Waals surface area contributed by atoms with Crippen molar-refractivity contribution in [1.29, 1.82) is 0 Å². The number of rotatable bonds is 2. The summed E-state index contributed by atoms with van der Waals surface area (Å²) < 4.78 is 0. The number of amides is 3. The second-order valence-electron chi connectivity index (χ2n) is 7.91. The number of hydrogen-bond acceptors (Lipinski definition) is 3. The van der Waals surface area contributed by atoms with Gasteiger partial charge in [-0.1, -0.05) is 12.2 Å². The number of carbonyl (C=O) groups excluding carboxylic acids is 3. The van der Waals surface area contributed by atoms with E-state index in [4.69, 9.17) is 0 Å². The minimum absolute atomic E-state index is 0.0365. The molecule has 3 amide bonds. The van der Waals surface area contributed by atoms with Crippen molar-refractivity contribution < 1.29 is 14.4 Å². The molecule has 4 aliphatic rings. The molecule has 3 fully saturated rings. The molecule has 2 bridgehead atoms. The molecule has 0 N–H and O–H groups in total. The maximum Gasteiger partial charge on any atom is 0.253 e. The van der Waals surface area contributed by atoms with Gasteiger partial charge in [0.2, 0.25) is 11.8 Å². The Morgan fingerprint density at radius 2 is 1.42 bits per heavy atom. The Hall–Kier alpha value is -2.43. The fourth-order valence-electron chi connectivity index (χ4n) is 5.19. The van der Waals surface area contributed by atoms with Crippen molar-refractivity contribution >= 4 is 23.4 Å². The average Bonchev–Trinajstić information content (AvgIpc) is 3.36. The predicted molar refractivity (Wildman–Crippen MR) is 96.4 cm³/mol. The molecule has 0 unspecified atom stereocenters. The maximum absolute atomic E-state index is 12.8. The molecule has 134 valence electrons.